The molecular formula is C19H17ClN4O. The third-order valence-electron chi connectivity index (χ3n) is 3.70. The van der Waals surface area contributed by atoms with Crippen LogP contribution in [-0.2, 0) is 6.54 Å². The van der Waals surface area contributed by atoms with Gasteiger partial charge in [0.25, 0.3) is 5.91 Å². The molecule has 0 unspecified atom stereocenters. The van der Waals surface area contributed by atoms with Crippen LogP contribution in [0.25, 0.3) is 0 Å². The van der Waals surface area contributed by atoms with E-state index in [1.807, 2.05) is 55.5 Å². The van der Waals surface area contributed by atoms with Crippen LogP contribution in [0, 0.1) is 6.92 Å². The van der Waals surface area contributed by atoms with E-state index in [1.165, 1.54) is 0 Å². The van der Waals surface area contributed by atoms with E-state index in [9.17, 15) is 4.79 Å². The third-order valence-corrected chi connectivity index (χ3v) is 4.11. The predicted octanol–water partition coefficient (Wildman–Crippen LogP) is 4.11. The topological polar surface area (TPSA) is 66.9 Å². The minimum Gasteiger partial charge on any atom is -0.347 e. The number of carbonyl (C=O) groups excluding carboxylic acids is 1. The average Bonchev–Trinajstić information content (AvgIpc) is 2.64. The average molecular weight is 353 g/mol. The summed E-state index contributed by atoms with van der Waals surface area (Å²) in [6.45, 7) is 2.35. The number of nitrogens with zero attached hydrogens (tertiary/aromatic N) is 2. The third kappa shape index (κ3) is 4.33. The number of anilines is 2. The smallest absolute Gasteiger partial charge is 0.270 e. The molecular weight excluding hydrogens is 336 g/mol. The number of hydrogen-bond donors (Lipinski definition) is 2. The highest BCUT2D eigenvalue weighted by Gasteiger charge is 2.10. The summed E-state index contributed by atoms with van der Waals surface area (Å²) in [7, 11) is 0. The van der Waals surface area contributed by atoms with Gasteiger partial charge in [0.05, 0.1) is 0 Å². The summed E-state index contributed by atoms with van der Waals surface area (Å²) >= 11 is 6.12. The molecule has 0 atom stereocenters. The Balaban J connectivity index is 1.70. The van der Waals surface area contributed by atoms with Gasteiger partial charge in [-0.1, -0.05) is 48.0 Å². The molecule has 0 radical (unpaired) electrons. The summed E-state index contributed by atoms with van der Waals surface area (Å²) in [5, 5.41) is 6.60. The van der Waals surface area contributed by atoms with Crippen LogP contribution in [-0.4, -0.2) is 15.9 Å². The van der Waals surface area contributed by atoms with Gasteiger partial charge in [0.1, 0.15) is 5.69 Å². The number of hydrogen-bond acceptors (Lipinski definition) is 4. The van der Waals surface area contributed by atoms with Gasteiger partial charge in [-0.15, -0.1) is 0 Å². The van der Waals surface area contributed by atoms with Crippen molar-refractivity contribution in [2.75, 3.05) is 5.32 Å². The Labute approximate surface area is 151 Å². The maximum absolute atomic E-state index is 12.3. The highest BCUT2D eigenvalue weighted by atomic mass is 35.5. The van der Waals surface area contributed by atoms with Gasteiger partial charge in [0, 0.05) is 23.5 Å². The van der Waals surface area contributed by atoms with Gasteiger partial charge in [-0.25, -0.2) is 9.97 Å². The van der Waals surface area contributed by atoms with Crippen LogP contribution >= 0.6 is 11.6 Å². The number of carbonyl (C=O) groups is 1. The van der Waals surface area contributed by atoms with Crippen molar-refractivity contribution in [1.29, 1.82) is 0 Å². The van der Waals surface area contributed by atoms with Crippen molar-refractivity contribution in [2.45, 2.75) is 13.5 Å². The number of aromatic nitrogens is 2. The van der Waals surface area contributed by atoms with E-state index in [1.54, 1.807) is 12.3 Å². The zero-order valence-corrected chi connectivity index (χ0v) is 14.4. The molecule has 126 valence electrons. The molecule has 0 saturated carbocycles. The summed E-state index contributed by atoms with van der Waals surface area (Å²) in [5.41, 5.74) is 3.02. The van der Waals surface area contributed by atoms with E-state index in [-0.39, 0.29) is 5.91 Å². The first-order chi connectivity index (χ1) is 12.1. The summed E-state index contributed by atoms with van der Waals surface area (Å²) < 4.78 is 0. The Morgan fingerprint density at radius 3 is 2.68 bits per heavy atom. The van der Waals surface area contributed by atoms with Gasteiger partial charge in [-0.3, -0.25) is 4.79 Å². The van der Waals surface area contributed by atoms with Crippen LogP contribution in [0.5, 0.6) is 0 Å². The van der Waals surface area contributed by atoms with E-state index in [0.717, 1.165) is 16.8 Å². The van der Waals surface area contributed by atoms with Gasteiger partial charge in [0.2, 0.25) is 5.95 Å². The lowest BCUT2D eigenvalue weighted by Gasteiger charge is -2.10. The lowest BCUT2D eigenvalue weighted by Crippen LogP contribution is -2.24. The van der Waals surface area contributed by atoms with Crippen LogP contribution in [0.3, 0.4) is 0 Å². The van der Waals surface area contributed by atoms with Crippen molar-refractivity contribution >= 4 is 29.1 Å². The molecule has 5 nitrogen and oxygen atoms in total. The monoisotopic (exact) mass is 352 g/mol. The van der Waals surface area contributed by atoms with Crippen molar-refractivity contribution in [1.82, 2.24) is 15.3 Å². The van der Waals surface area contributed by atoms with E-state index in [0.29, 0.717) is 23.2 Å². The molecule has 2 aromatic carbocycles. The summed E-state index contributed by atoms with van der Waals surface area (Å²) in [6.07, 6.45) is 1.55. The van der Waals surface area contributed by atoms with Gasteiger partial charge in [0.15, 0.2) is 0 Å². The molecule has 3 aromatic rings. The predicted molar refractivity (Wildman–Crippen MR) is 99.1 cm³/mol. The Bertz CT molecular complexity index is 884. The molecule has 0 aliphatic rings. The van der Waals surface area contributed by atoms with E-state index >= 15 is 0 Å². The summed E-state index contributed by atoms with van der Waals surface area (Å²) in [6, 6.07) is 16.8. The van der Waals surface area contributed by atoms with Crippen molar-refractivity contribution < 1.29 is 4.79 Å². The number of nitrogens with one attached hydrogen (secondary N) is 2. The largest absolute Gasteiger partial charge is 0.347 e. The molecule has 0 saturated heterocycles. The van der Waals surface area contributed by atoms with Gasteiger partial charge >= 0.3 is 0 Å². The van der Waals surface area contributed by atoms with Gasteiger partial charge in [-0.2, -0.15) is 0 Å². The SMILES string of the molecule is Cc1c(Cl)cccc1Nc1nccc(C(=O)NCc2ccccc2)n1. The highest BCUT2D eigenvalue weighted by Crippen LogP contribution is 2.24. The zero-order valence-electron chi connectivity index (χ0n) is 13.7. The van der Waals surface area contributed by atoms with Crippen LogP contribution in [0.2, 0.25) is 5.02 Å². The number of benzene rings is 2. The molecule has 1 amide bonds. The molecule has 0 bridgehead atoms. The molecule has 0 aliphatic carbocycles. The molecule has 1 heterocycles. The maximum Gasteiger partial charge on any atom is 0.270 e. The van der Waals surface area contributed by atoms with Crippen molar-refractivity contribution in [3.05, 3.63) is 82.6 Å². The molecule has 1 aromatic heterocycles. The lowest BCUT2D eigenvalue weighted by atomic mass is 10.2. The fourth-order valence-corrected chi connectivity index (χ4v) is 2.45. The molecule has 0 spiro atoms. The molecule has 6 heteroatoms. The maximum atomic E-state index is 12.3. The van der Waals surface area contributed by atoms with Gasteiger partial charge in [-0.05, 0) is 36.2 Å². The normalized spacial score (nSPS) is 10.3. The molecule has 25 heavy (non-hydrogen) atoms. The van der Waals surface area contributed by atoms with Crippen LogP contribution in [0.4, 0.5) is 11.6 Å². The molecule has 0 fully saturated rings. The first-order valence-electron chi connectivity index (χ1n) is 7.81. The standard InChI is InChI=1S/C19H17ClN4O/c1-13-15(20)8-5-9-16(13)23-19-21-11-10-17(24-19)18(25)22-12-14-6-3-2-4-7-14/h2-11H,12H2,1H3,(H,22,25)(H,21,23,24). The quantitative estimate of drug-likeness (QED) is 0.725. The Hall–Kier alpha value is -2.92. The second-order valence-corrected chi connectivity index (χ2v) is 5.88. The zero-order chi connectivity index (χ0) is 17.6. The first-order valence-corrected chi connectivity index (χ1v) is 8.18. The van der Waals surface area contributed by atoms with E-state index in [4.69, 9.17) is 11.6 Å². The molecule has 0 aliphatic heterocycles. The Kier molecular flexibility index (Phi) is 5.26. The second kappa shape index (κ2) is 7.77. The van der Waals surface area contributed by atoms with Gasteiger partial charge < -0.3 is 10.6 Å². The van der Waals surface area contributed by atoms with Crippen molar-refractivity contribution in [3.63, 3.8) is 0 Å². The molecule has 3 rings (SSSR count). The number of halogens is 1. The number of rotatable bonds is 5. The van der Waals surface area contributed by atoms with Crippen molar-refractivity contribution in [3.8, 4) is 0 Å². The van der Waals surface area contributed by atoms with E-state index in [2.05, 4.69) is 20.6 Å². The summed E-state index contributed by atoms with van der Waals surface area (Å²) in [4.78, 5) is 20.7. The fourth-order valence-electron chi connectivity index (χ4n) is 2.28. The Morgan fingerprint density at radius 1 is 1.08 bits per heavy atom. The number of amides is 1. The van der Waals surface area contributed by atoms with Crippen LogP contribution in [0.1, 0.15) is 21.6 Å². The lowest BCUT2D eigenvalue weighted by molar-refractivity contribution is 0.0946. The fraction of sp³-hybridized carbons (Fsp3) is 0.105. The Morgan fingerprint density at radius 2 is 1.88 bits per heavy atom. The highest BCUT2D eigenvalue weighted by molar-refractivity contribution is 6.31. The van der Waals surface area contributed by atoms with Crippen LogP contribution in [0.15, 0.2) is 60.8 Å². The first kappa shape index (κ1) is 16.9. The summed E-state index contributed by atoms with van der Waals surface area (Å²) in [5.74, 6) is 0.0925. The second-order valence-electron chi connectivity index (χ2n) is 5.47. The minimum atomic E-state index is -0.253. The minimum absolute atomic E-state index is 0.253. The molecule has 2 N–H and O–H groups in total. The van der Waals surface area contributed by atoms with Crippen LogP contribution < -0.4 is 10.6 Å². The van der Waals surface area contributed by atoms with Crippen molar-refractivity contribution in [2.24, 2.45) is 0 Å². The van der Waals surface area contributed by atoms with E-state index < -0.39 is 0 Å².